The molecule has 0 aliphatic carbocycles. The molecule has 0 saturated heterocycles. The number of hydrogen-bond donors (Lipinski definition) is 0. The van der Waals surface area contributed by atoms with E-state index in [2.05, 4.69) is 25.7 Å². The summed E-state index contributed by atoms with van der Waals surface area (Å²) < 4.78 is 6.09. The highest BCUT2D eigenvalue weighted by atomic mass is 28.4. The second-order valence-corrected chi connectivity index (χ2v) is 9.30. The lowest BCUT2D eigenvalue weighted by Crippen LogP contribution is -2.39. The molecule has 0 aliphatic rings. The highest BCUT2D eigenvalue weighted by Gasteiger charge is 2.36. The van der Waals surface area contributed by atoms with Crippen molar-refractivity contribution in [3.8, 4) is 6.07 Å². The van der Waals surface area contributed by atoms with E-state index in [1.807, 2.05) is 37.3 Å². The Morgan fingerprint density at radius 2 is 1.81 bits per heavy atom. The molecule has 1 aromatic carbocycles. The summed E-state index contributed by atoms with van der Waals surface area (Å²) in [4.78, 5) is 0. The van der Waals surface area contributed by atoms with Crippen molar-refractivity contribution in [1.82, 2.24) is 0 Å². The van der Waals surface area contributed by atoms with E-state index in [0.29, 0.717) is 6.42 Å². The van der Waals surface area contributed by atoms with Gasteiger partial charge in [-0.1, -0.05) is 37.3 Å². The van der Waals surface area contributed by atoms with Crippen molar-refractivity contribution in [2.75, 3.05) is 0 Å². The van der Waals surface area contributed by atoms with Gasteiger partial charge in [-0.15, -0.1) is 0 Å². The summed E-state index contributed by atoms with van der Waals surface area (Å²) in [5, 5.41) is 9.44. The van der Waals surface area contributed by atoms with Gasteiger partial charge in [0, 0.05) is 0 Å². The largest absolute Gasteiger partial charge is 0.396 e. The highest BCUT2D eigenvalue weighted by molar-refractivity contribution is 6.69. The molecule has 0 fully saturated rings. The summed E-state index contributed by atoms with van der Waals surface area (Å²) in [6, 6.07) is 12.1. The van der Waals surface area contributed by atoms with E-state index in [1.54, 1.807) is 0 Å². The van der Waals surface area contributed by atoms with Crippen LogP contribution in [0.1, 0.15) is 18.9 Å². The van der Waals surface area contributed by atoms with E-state index in [-0.39, 0.29) is 0 Å². The number of hydrogen-bond acceptors (Lipinski definition) is 2. The SMILES string of the molecule is CC[C@@](C#N)(O[Si](C)(C)C)c1ccccc1. The van der Waals surface area contributed by atoms with E-state index in [0.717, 1.165) is 5.56 Å². The number of benzene rings is 1. The third kappa shape index (κ3) is 2.94. The first kappa shape index (κ1) is 13.0. The summed E-state index contributed by atoms with van der Waals surface area (Å²) in [7, 11) is -1.74. The van der Waals surface area contributed by atoms with Crippen molar-refractivity contribution in [3.63, 3.8) is 0 Å². The predicted octanol–water partition coefficient (Wildman–Crippen LogP) is 3.67. The first-order valence-electron chi connectivity index (χ1n) is 5.60. The van der Waals surface area contributed by atoms with Gasteiger partial charge in [0.25, 0.3) is 0 Å². The molecule has 16 heavy (non-hydrogen) atoms. The maximum absolute atomic E-state index is 9.44. The molecule has 0 N–H and O–H groups in total. The van der Waals surface area contributed by atoms with E-state index < -0.39 is 13.9 Å². The molecule has 0 radical (unpaired) electrons. The van der Waals surface area contributed by atoms with Gasteiger partial charge < -0.3 is 4.43 Å². The van der Waals surface area contributed by atoms with Crippen LogP contribution in [-0.4, -0.2) is 8.32 Å². The fraction of sp³-hybridized carbons (Fsp3) is 0.462. The molecule has 0 aliphatic heterocycles. The summed E-state index contributed by atoms with van der Waals surface area (Å²) in [6.45, 7) is 8.32. The normalized spacial score (nSPS) is 15.2. The van der Waals surface area contributed by atoms with Crippen molar-refractivity contribution in [2.24, 2.45) is 0 Å². The molecule has 1 atom stereocenters. The highest BCUT2D eigenvalue weighted by Crippen LogP contribution is 2.32. The molecule has 2 nitrogen and oxygen atoms in total. The molecular weight excluding hydrogens is 214 g/mol. The summed E-state index contributed by atoms with van der Waals surface area (Å²) >= 11 is 0. The number of rotatable bonds is 4. The fourth-order valence-electron chi connectivity index (χ4n) is 1.73. The van der Waals surface area contributed by atoms with E-state index in [1.165, 1.54) is 0 Å². The Balaban J connectivity index is 3.13. The van der Waals surface area contributed by atoms with Crippen molar-refractivity contribution in [3.05, 3.63) is 35.9 Å². The average molecular weight is 233 g/mol. The van der Waals surface area contributed by atoms with Gasteiger partial charge in [-0.3, -0.25) is 0 Å². The van der Waals surface area contributed by atoms with Crippen molar-refractivity contribution < 1.29 is 4.43 Å². The van der Waals surface area contributed by atoms with Gasteiger partial charge in [0.1, 0.15) is 6.07 Å². The zero-order valence-corrected chi connectivity index (χ0v) is 11.4. The van der Waals surface area contributed by atoms with Gasteiger partial charge in [0.05, 0.1) is 0 Å². The second kappa shape index (κ2) is 4.81. The zero-order valence-electron chi connectivity index (χ0n) is 10.4. The van der Waals surface area contributed by atoms with Crippen LogP contribution in [0.5, 0.6) is 0 Å². The Labute approximate surface area is 99.0 Å². The van der Waals surface area contributed by atoms with Crippen LogP contribution in [0.3, 0.4) is 0 Å². The molecular formula is C13H19NOSi. The van der Waals surface area contributed by atoms with Gasteiger partial charge in [0.2, 0.25) is 0 Å². The van der Waals surface area contributed by atoms with Crippen molar-refractivity contribution in [2.45, 2.75) is 38.6 Å². The van der Waals surface area contributed by atoms with Crippen molar-refractivity contribution >= 4 is 8.32 Å². The van der Waals surface area contributed by atoms with Gasteiger partial charge >= 0.3 is 0 Å². The summed E-state index contributed by atoms with van der Waals surface area (Å²) in [6.07, 6.45) is 0.678. The van der Waals surface area contributed by atoms with Crippen LogP contribution in [0.2, 0.25) is 19.6 Å². The van der Waals surface area contributed by atoms with Gasteiger partial charge in [-0.25, -0.2) is 0 Å². The minimum Gasteiger partial charge on any atom is -0.396 e. The average Bonchev–Trinajstić information content (AvgIpc) is 2.26. The van der Waals surface area contributed by atoms with Crippen molar-refractivity contribution in [1.29, 1.82) is 5.26 Å². The minimum absolute atomic E-state index is 0.678. The first-order chi connectivity index (χ1) is 7.43. The van der Waals surface area contributed by atoms with Crippen LogP contribution in [0.25, 0.3) is 0 Å². The molecule has 0 heterocycles. The molecule has 0 aromatic heterocycles. The number of nitriles is 1. The molecule has 0 saturated carbocycles. The molecule has 86 valence electrons. The van der Waals surface area contributed by atoms with Gasteiger partial charge in [-0.2, -0.15) is 5.26 Å². The van der Waals surface area contributed by atoms with E-state index in [9.17, 15) is 5.26 Å². The zero-order chi connectivity index (χ0) is 12.2. The third-order valence-electron chi connectivity index (χ3n) is 2.40. The molecule has 3 heteroatoms. The maximum atomic E-state index is 9.44. The Morgan fingerprint density at radius 3 is 2.19 bits per heavy atom. The fourth-order valence-corrected chi connectivity index (χ4v) is 3.08. The minimum atomic E-state index is -1.74. The van der Waals surface area contributed by atoms with Crippen LogP contribution in [0, 0.1) is 11.3 Å². The molecule has 0 spiro atoms. The Morgan fingerprint density at radius 1 is 1.25 bits per heavy atom. The molecule has 0 bridgehead atoms. The molecule has 1 rings (SSSR count). The predicted molar refractivity (Wildman–Crippen MR) is 68.5 cm³/mol. The van der Waals surface area contributed by atoms with Crippen LogP contribution < -0.4 is 0 Å². The summed E-state index contributed by atoms with van der Waals surface area (Å²) in [5.41, 5.74) is 0.188. The standard InChI is InChI=1S/C13H19NOSi/c1-5-13(11-14,15-16(2,3)4)12-9-7-6-8-10-12/h6-10H,5H2,1-4H3/t13-/m0/s1. The lowest BCUT2D eigenvalue weighted by Gasteiger charge is -2.33. The molecule has 1 aromatic rings. The molecule has 0 unspecified atom stereocenters. The summed E-state index contributed by atoms with van der Waals surface area (Å²) in [5.74, 6) is 0. The van der Waals surface area contributed by atoms with Crippen LogP contribution in [0.4, 0.5) is 0 Å². The van der Waals surface area contributed by atoms with E-state index >= 15 is 0 Å². The van der Waals surface area contributed by atoms with Gasteiger partial charge in [-0.05, 0) is 31.6 Å². The van der Waals surface area contributed by atoms with Crippen LogP contribution >= 0.6 is 0 Å². The monoisotopic (exact) mass is 233 g/mol. The van der Waals surface area contributed by atoms with Gasteiger partial charge in [0.15, 0.2) is 13.9 Å². The Bertz CT molecular complexity index is 377. The van der Waals surface area contributed by atoms with Crippen LogP contribution in [-0.2, 0) is 10.0 Å². The second-order valence-electron chi connectivity index (χ2n) is 4.87. The van der Waals surface area contributed by atoms with E-state index in [4.69, 9.17) is 4.43 Å². The van der Waals surface area contributed by atoms with Crippen LogP contribution in [0.15, 0.2) is 30.3 Å². The maximum Gasteiger partial charge on any atom is 0.186 e. The third-order valence-corrected chi connectivity index (χ3v) is 3.36. The topological polar surface area (TPSA) is 33.0 Å². The first-order valence-corrected chi connectivity index (χ1v) is 9.01. The Kier molecular flexibility index (Phi) is 3.90. The quantitative estimate of drug-likeness (QED) is 0.743. The lowest BCUT2D eigenvalue weighted by atomic mass is 9.93. The lowest BCUT2D eigenvalue weighted by molar-refractivity contribution is 0.114. The smallest absolute Gasteiger partial charge is 0.186 e. The molecule has 0 amide bonds. The Hall–Kier alpha value is -1.11. The number of nitrogens with zero attached hydrogens (tertiary/aromatic N) is 1.